The minimum Gasteiger partial charge on any atom is -0.481 e. The second kappa shape index (κ2) is 11.3. The van der Waals surface area contributed by atoms with Gasteiger partial charge in [-0.2, -0.15) is 0 Å². The van der Waals surface area contributed by atoms with Gasteiger partial charge in [-0.3, -0.25) is 14.0 Å². The van der Waals surface area contributed by atoms with Crippen LogP contribution < -0.4 is 10.1 Å². The van der Waals surface area contributed by atoms with E-state index in [4.69, 9.17) is 5.11 Å². The molecule has 7 nitrogen and oxygen atoms in total. The lowest BCUT2D eigenvalue weighted by molar-refractivity contribution is -0.275. The van der Waals surface area contributed by atoms with Crippen molar-refractivity contribution in [1.82, 2.24) is 14.7 Å². The fourth-order valence-corrected chi connectivity index (χ4v) is 6.01. The number of nitrogens with one attached hydrogen (secondary N) is 1. The smallest absolute Gasteiger partial charge is 0.481 e. The molecule has 0 bridgehead atoms. The Labute approximate surface area is 230 Å². The Hall–Kier alpha value is -3.93. The van der Waals surface area contributed by atoms with Crippen molar-refractivity contribution >= 4 is 28.2 Å². The summed E-state index contributed by atoms with van der Waals surface area (Å²) in [5.74, 6) is -2.69. The van der Waals surface area contributed by atoms with E-state index in [0.29, 0.717) is 10.9 Å². The minimum atomic E-state index is -5.03. The van der Waals surface area contributed by atoms with Crippen LogP contribution in [0.2, 0.25) is 0 Å². The molecule has 5 rings (SSSR count). The van der Waals surface area contributed by atoms with Crippen LogP contribution in [-0.4, -0.2) is 32.7 Å². The van der Waals surface area contributed by atoms with E-state index < -0.39 is 29.8 Å². The first-order valence-electron chi connectivity index (χ1n) is 12.7. The SMILES string of the molecule is O=C(O)C[C@H]1CC[C@H](c2ccc(-c3cn4cc(C(=O)NCc5ccc(F)c(OC(F)(F)F)c5)nc4s3)cc2)CC1. The number of amides is 1. The first kappa shape index (κ1) is 27.6. The number of imidazole rings is 1. The fourth-order valence-electron chi connectivity index (χ4n) is 5.04. The van der Waals surface area contributed by atoms with Crippen molar-refractivity contribution in [1.29, 1.82) is 0 Å². The predicted molar refractivity (Wildman–Crippen MR) is 140 cm³/mol. The van der Waals surface area contributed by atoms with E-state index in [0.717, 1.165) is 48.3 Å². The molecule has 0 unspecified atom stereocenters. The largest absolute Gasteiger partial charge is 0.573 e. The van der Waals surface area contributed by atoms with Gasteiger partial charge >= 0.3 is 12.3 Å². The number of carboxylic acids is 1. The monoisotopic (exact) mass is 575 g/mol. The molecule has 1 fully saturated rings. The molecule has 210 valence electrons. The van der Waals surface area contributed by atoms with Gasteiger partial charge in [0, 0.05) is 25.4 Å². The standard InChI is InChI=1S/C28H25F4N3O4S/c29-21-10-3-17(11-23(21)39-28(30,31)32)13-33-26(38)22-14-35-15-24(40-27(35)34-22)20-8-6-19(7-9-20)18-4-1-16(2-5-18)12-25(36)37/h3,6-11,14-16,18H,1-2,4-5,12-13H2,(H,33,38)(H,36,37)/t16-,18-. The highest BCUT2D eigenvalue weighted by Gasteiger charge is 2.32. The lowest BCUT2D eigenvalue weighted by Gasteiger charge is -2.28. The maximum absolute atomic E-state index is 13.6. The number of alkyl halides is 3. The molecule has 2 aromatic heterocycles. The number of fused-ring (bicyclic) bond motifs is 1. The number of nitrogens with zero attached hydrogens (tertiary/aromatic N) is 2. The van der Waals surface area contributed by atoms with Gasteiger partial charge in [-0.25, -0.2) is 9.37 Å². The molecule has 1 saturated carbocycles. The van der Waals surface area contributed by atoms with Crippen LogP contribution in [0.4, 0.5) is 17.6 Å². The number of hydrogen-bond acceptors (Lipinski definition) is 5. The third-order valence-corrected chi connectivity index (χ3v) is 8.09. The average molecular weight is 576 g/mol. The molecule has 12 heteroatoms. The van der Waals surface area contributed by atoms with Crippen LogP contribution in [0.5, 0.6) is 5.75 Å². The Kier molecular flexibility index (Phi) is 7.79. The topological polar surface area (TPSA) is 92.9 Å². The maximum atomic E-state index is 13.6. The van der Waals surface area contributed by atoms with Gasteiger partial charge in [-0.05, 0) is 66.3 Å². The van der Waals surface area contributed by atoms with Crippen molar-refractivity contribution in [2.24, 2.45) is 5.92 Å². The van der Waals surface area contributed by atoms with Crippen molar-refractivity contribution in [2.75, 3.05) is 0 Å². The molecule has 4 aromatic rings. The lowest BCUT2D eigenvalue weighted by atomic mass is 9.77. The first-order valence-corrected chi connectivity index (χ1v) is 13.5. The van der Waals surface area contributed by atoms with Gasteiger partial charge in [-0.1, -0.05) is 41.7 Å². The molecule has 1 aliphatic carbocycles. The van der Waals surface area contributed by atoms with E-state index in [1.165, 1.54) is 23.0 Å². The number of rotatable bonds is 8. The summed E-state index contributed by atoms with van der Waals surface area (Å²) in [6.07, 6.45) is 2.47. The molecule has 0 spiro atoms. The van der Waals surface area contributed by atoms with Crippen LogP contribution in [0.25, 0.3) is 15.4 Å². The Morgan fingerprint density at radius 3 is 2.45 bits per heavy atom. The number of ether oxygens (including phenoxy) is 1. The highest BCUT2D eigenvalue weighted by Crippen LogP contribution is 2.38. The average Bonchev–Trinajstić information content (AvgIpc) is 3.48. The number of aromatic nitrogens is 2. The quantitative estimate of drug-likeness (QED) is 0.226. The van der Waals surface area contributed by atoms with Crippen molar-refractivity contribution in [3.05, 3.63) is 77.5 Å². The first-order chi connectivity index (χ1) is 19.0. The molecule has 2 aromatic carbocycles. The summed E-state index contributed by atoms with van der Waals surface area (Å²) in [5, 5.41) is 11.6. The van der Waals surface area contributed by atoms with Crippen molar-refractivity contribution < 1.29 is 37.0 Å². The number of thiazole rings is 1. The summed E-state index contributed by atoms with van der Waals surface area (Å²) < 4.78 is 56.4. The summed E-state index contributed by atoms with van der Waals surface area (Å²) in [6.45, 7) is -0.142. The van der Waals surface area contributed by atoms with E-state index in [2.05, 4.69) is 39.3 Å². The Morgan fingerprint density at radius 2 is 1.80 bits per heavy atom. The number of carboxylic acid groups (broad SMARTS) is 1. The van der Waals surface area contributed by atoms with E-state index in [1.807, 2.05) is 6.20 Å². The Morgan fingerprint density at radius 1 is 1.07 bits per heavy atom. The van der Waals surface area contributed by atoms with Crippen LogP contribution >= 0.6 is 11.3 Å². The zero-order valence-corrected chi connectivity index (χ0v) is 21.9. The van der Waals surface area contributed by atoms with Crippen molar-refractivity contribution in [2.45, 2.75) is 50.9 Å². The van der Waals surface area contributed by atoms with Crippen LogP contribution in [0.1, 0.15) is 59.6 Å². The molecule has 0 aliphatic heterocycles. The second-order valence-corrected chi connectivity index (χ2v) is 10.9. The van der Waals surface area contributed by atoms with Crippen molar-refractivity contribution in [3.8, 4) is 16.2 Å². The predicted octanol–water partition coefficient (Wildman–Crippen LogP) is 6.78. The second-order valence-electron chi connectivity index (χ2n) is 9.84. The molecule has 2 N–H and O–H groups in total. The van der Waals surface area contributed by atoms with E-state index >= 15 is 0 Å². The van der Waals surface area contributed by atoms with Crippen LogP contribution in [0, 0.1) is 11.7 Å². The number of halogens is 4. The number of carbonyl (C=O) groups excluding carboxylic acids is 1. The zero-order valence-electron chi connectivity index (χ0n) is 21.1. The Balaban J connectivity index is 1.19. The summed E-state index contributed by atoms with van der Waals surface area (Å²) in [5.41, 5.74) is 2.63. The zero-order chi connectivity index (χ0) is 28.4. The van der Waals surface area contributed by atoms with E-state index in [9.17, 15) is 27.2 Å². The summed E-state index contributed by atoms with van der Waals surface area (Å²) in [7, 11) is 0. The fraction of sp³-hybridized carbons (Fsp3) is 0.321. The molecule has 1 aliphatic rings. The lowest BCUT2D eigenvalue weighted by Crippen LogP contribution is -2.23. The van der Waals surface area contributed by atoms with E-state index in [-0.39, 0.29) is 30.1 Å². The molecule has 40 heavy (non-hydrogen) atoms. The van der Waals surface area contributed by atoms with Crippen LogP contribution in [-0.2, 0) is 11.3 Å². The van der Waals surface area contributed by atoms with Crippen LogP contribution in [0.15, 0.2) is 54.9 Å². The normalized spacial score (nSPS) is 17.6. The summed E-state index contributed by atoms with van der Waals surface area (Å²) in [6, 6.07) is 11.3. The van der Waals surface area contributed by atoms with Gasteiger partial charge in [0.1, 0.15) is 5.69 Å². The van der Waals surface area contributed by atoms with Gasteiger partial charge in [0.15, 0.2) is 16.5 Å². The molecular formula is C28H25F4N3O4S. The van der Waals surface area contributed by atoms with Gasteiger partial charge in [0.2, 0.25) is 0 Å². The third kappa shape index (κ3) is 6.61. The molecule has 0 saturated heterocycles. The molecule has 0 atom stereocenters. The van der Waals surface area contributed by atoms with Gasteiger partial charge in [-0.15, -0.1) is 13.2 Å². The highest BCUT2D eigenvalue weighted by molar-refractivity contribution is 7.20. The van der Waals surface area contributed by atoms with Gasteiger partial charge in [0.05, 0.1) is 4.88 Å². The minimum absolute atomic E-state index is 0.139. The molecular weight excluding hydrogens is 550 g/mol. The van der Waals surface area contributed by atoms with Crippen LogP contribution in [0.3, 0.4) is 0 Å². The number of aliphatic carboxylic acids is 1. The number of hydrogen-bond donors (Lipinski definition) is 2. The Bertz CT molecular complexity index is 1490. The van der Waals surface area contributed by atoms with Gasteiger partial charge < -0.3 is 15.2 Å². The number of benzene rings is 2. The van der Waals surface area contributed by atoms with E-state index in [1.54, 1.807) is 10.6 Å². The van der Waals surface area contributed by atoms with Gasteiger partial charge in [0.25, 0.3) is 5.91 Å². The van der Waals surface area contributed by atoms with Crippen molar-refractivity contribution in [3.63, 3.8) is 0 Å². The maximum Gasteiger partial charge on any atom is 0.573 e. The molecule has 0 radical (unpaired) electrons. The molecule has 1 amide bonds. The summed E-state index contributed by atoms with van der Waals surface area (Å²) in [4.78, 5) is 29.5. The molecule has 2 heterocycles. The number of carbonyl (C=O) groups is 2. The third-order valence-electron chi connectivity index (χ3n) is 7.04. The highest BCUT2D eigenvalue weighted by atomic mass is 32.1. The summed E-state index contributed by atoms with van der Waals surface area (Å²) >= 11 is 1.41.